The van der Waals surface area contributed by atoms with Gasteiger partial charge in [0, 0.05) is 6.42 Å². The summed E-state index contributed by atoms with van der Waals surface area (Å²) in [4.78, 5) is 11.6. The monoisotopic (exact) mass is 364 g/mol. The number of unbranched alkanes of at least 4 members (excludes halogenated alkanes) is 14. The normalized spacial score (nSPS) is 11.0. The average Bonchev–Trinajstić information content (AvgIpc) is 3.17. The molecule has 1 heterocycles. The molecule has 0 amide bonds. The van der Waals surface area contributed by atoms with Crippen molar-refractivity contribution in [3.63, 3.8) is 0 Å². The number of carbonyl (C=O) groups excluding carboxylic acids is 1. The lowest BCUT2D eigenvalue weighted by Gasteiger charge is -2.04. The fourth-order valence-electron chi connectivity index (χ4n) is 3.26. The Balaban J connectivity index is 1.73. The van der Waals surface area contributed by atoms with Crippen molar-refractivity contribution < 1.29 is 13.9 Å². The minimum atomic E-state index is -0.115. The minimum absolute atomic E-state index is 0.115. The topological polar surface area (TPSA) is 39.4 Å². The molecule has 0 radical (unpaired) electrons. The summed E-state index contributed by atoms with van der Waals surface area (Å²) in [5.41, 5.74) is 0. The van der Waals surface area contributed by atoms with Gasteiger partial charge in [-0.25, -0.2) is 0 Å². The smallest absolute Gasteiger partial charge is 0.306 e. The maximum absolute atomic E-state index is 11.6. The van der Waals surface area contributed by atoms with E-state index in [0.717, 1.165) is 12.8 Å². The molecule has 26 heavy (non-hydrogen) atoms. The van der Waals surface area contributed by atoms with Gasteiger partial charge in [-0.3, -0.25) is 4.79 Å². The van der Waals surface area contributed by atoms with Crippen LogP contribution in [0, 0.1) is 0 Å². The van der Waals surface area contributed by atoms with Crippen LogP contribution < -0.4 is 0 Å². The fourth-order valence-corrected chi connectivity index (χ4v) is 3.26. The Hall–Kier alpha value is -1.25. The Morgan fingerprint density at radius 1 is 0.808 bits per heavy atom. The Bertz CT molecular complexity index is 411. The van der Waals surface area contributed by atoms with Crippen LogP contribution in [0.5, 0.6) is 0 Å². The Morgan fingerprint density at radius 2 is 1.31 bits per heavy atom. The summed E-state index contributed by atoms with van der Waals surface area (Å²) >= 11 is 0. The van der Waals surface area contributed by atoms with Crippen LogP contribution in [0.2, 0.25) is 0 Å². The first-order chi connectivity index (χ1) is 12.8. The molecule has 0 aliphatic rings. The van der Waals surface area contributed by atoms with Crippen molar-refractivity contribution in [3.8, 4) is 0 Å². The second-order valence-corrected chi connectivity index (χ2v) is 7.44. The van der Waals surface area contributed by atoms with E-state index in [4.69, 9.17) is 9.15 Å². The summed E-state index contributed by atoms with van der Waals surface area (Å²) in [7, 11) is 0. The predicted octanol–water partition coefficient (Wildman–Crippen LogP) is 7.58. The summed E-state index contributed by atoms with van der Waals surface area (Å²) < 4.78 is 10.3. The predicted molar refractivity (Wildman–Crippen MR) is 108 cm³/mol. The van der Waals surface area contributed by atoms with E-state index in [0.29, 0.717) is 12.2 Å². The molecule has 0 aliphatic carbocycles. The van der Waals surface area contributed by atoms with E-state index in [9.17, 15) is 4.79 Å². The van der Waals surface area contributed by atoms with Gasteiger partial charge < -0.3 is 9.15 Å². The molecule has 0 unspecified atom stereocenters. The average molecular weight is 365 g/mol. The van der Waals surface area contributed by atoms with Crippen LogP contribution >= 0.6 is 0 Å². The van der Waals surface area contributed by atoms with Crippen molar-refractivity contribution in [2.24, 2.45) is 0 Å². The number of hydrogen-bond donors (Lipinski definition) is 0. The van der Waals surface area contributed by atoms with Gasteiger partial charge in [0.2, 0.25) is 0 Å². The number of ether oxygens (including phenoxy) is 1. The van der Waals surface area contributed by atoms with Crippen molar-refractivity contribution in [2.75, 3.05) is 0 Å². The van der Waals surface area contributed by atoms with Crippen molar-refractivity contribution in [1.29, 1.82) is 0 Å². The molecule has 1 rings (SSSR count). The van der Waals surface area contributed by atoms with E-state index in [1.807, 2.05) is 6.07 Å². The number of rotatable bonds is 18. The summed E-state index contributed by atoms with van der Waals surface area (Å²) in [5.74, 6) is 0.589. The van der Waals surface area contributed by atoms with Crippen LogP contribution in [0.25, 0.3) is 0 Å². The van der Waals surface area contributed by atoms with Crippen molar-refractivity contribution in [3.05, 3.63) is 24.2 Å². The first kappa shape index (κ1) is 22.8. The van der Waals surface area contributed by atoms with E-state index in [1.165, 1.54) is 83.5 Å². The number of hydrogen-bond acceptors (Lipinski definition) is 3. The molecule has 0 saturated heterocycles. The van der Waals surface area contributed by atoms with Gasteiger partial charge >= 0.3 is 5.97 Å². The van der Waals surface area contributed by atoms with Gasteiger partial charge in [0.1, 0.15) is 12.4 Å². The van der Waals surface area contributed by atoms with Gasteiger partial charge in [0.25, 0.3) is 0 Å². The fraction of sp³-hybridized carbons (Fsp3) is 0.783. The van der Waals surface area contributed by atoms with Gasteiger partial charge in [-0.2, -0.15) is 0 Å². The second-order valence-electron chi connectivity index (χ2n) is 7.44. The van der Waals surface area contributed by atoms with Crippen LogP contribution in [0.3, 0.4) is 0 Å². The van der Waals surface area contributed by atoms with Crippen LogP contribution in [-0.2, 0) is 16.1 Å². The highest BCUT2D eigenvalue weighted by Crippen LogP contribution is 2.14. The Morgan fingerprint density at radius 3 is 1.77 bits per heavy atom. The molecule has 0 spiro atoms. The molecule has 3 nitrogen and oxygen atoms in total. The quantitative estimate of drug-likeness (QED) is 0.199. The number of carbonyl (C=O) groups is 1. The van der Waals surface area contributed by atoms with Crippen LogP contribution in [-0.4, -0.2) is 5.97 Å². The molecule has 0 atom stereocenters. The molecule has 0 aromatic carbocycles. The van der Waals surface area contributed by atoms with Crippen LogP contribution in [0.4, 0.5) is 0 Å². The minimum Gasteiger partial charge on any atom is -0.466 e. The lowest BCUT2D eigenvalue weighted by molar-refractivity contribution is -0.145. The Kier molecular flexibility index (Phi) is 15.1. The van der Waals surface area contributed by atoms with E-state index in [1.54, 1.807) is 12.3 Å². The maximum atomic E-state index is 11.6. The summed E-state index contributed by atoms with van der Waals surface area (Å²) in [6.45, 7) is 2.53. The van der Waals surface area contributed by atoms with Gasteiger partial charge in [-0.15, -0.1) is 0 Å². The van der Waals surface area contributed by atoms with Gasteiger partial charge in [0.15, 0.2) is 0 Å². The molecule has 1 aromatic heterocycles. The SMILES string of the molecule is CCCCCCCCCCCCCCCCCC(=O)OCc1ccco1. The summed E-state index contributed by atoms with van der Waals surface area (Å²) in [6, 6.07) is 3.62. The first-order valence-corrected chi connectivity index (χ1v) is 11.0. The molecule has 0 bridgehead atoms. The molecule has 0 aliphatic heterocycles. The molecular formula is C23H40O3. The molecular weight excluding hydrogens is 324 g/mol. The third-order valence-electron chi connectivity index (χ3n) is 4.94. The van der Waals surface area contributed by atoms with E-state index in [-0.39, 0.29) is 12.6 Å². The zero-order valence-corrected chi connectivity index (χ0v) is 17.0. The third kappa shape index (κ3) is 14.0. The van der Waals surface area contributed by atoms with Crippen LogP contribution in [0.15, 0.2) is 22.8 Å². The molecule has 0 saturated carbocycles. The molecule has 0 fully saturated rings. The van der Waals surface area contributed by atoms with Crippen molar-refractivity contribution in [2.45, 2.75) is 116 Å². The van der Waals surface area contributed by atoms with E-state index < -0.39 is 0 Å². The second kappa shape index (κ2) is 17.2. The standard InChI is InChI=1S/C23H40O3/c1-2-3-4-5-6-7-8-9-10-11-12-13-14-15-16-19-23(24)26-21-22-18-17-20-25-22/h17-18,20H,2-16,19,21H2,1H3. The number of esters is 1. The molecule has 150 valence electrons. The zero-order valence-electron chi connectivity index (χ0n) is 17.0. The molecule has 0 N–H and O–H groups in total. The Labute approximate surface area is 160 Å². The van der Waals surface area contributed by atoms with E-state index in [2.05, 4.69) is 6.92 Å². The van der Waals surface area contributed by atoms with Gasteiger partial charge in [0.05, 0.1) is 6.26 Å². The third-order valence-corrected chi connectivity index (χ3v) is 4.94. The number of furan rings is 1. The molecule has 1 aromatic rings. The maximum Gasteiger partial charge on any atom is 0.306 e. The highest BCUT2D eigenvalue weighted by Gasteiger charge is 2.04. The first-order valence-electron chi connectivity index (χ1n) is 11.0. The molecule has 3 heteroatoms. The summed E-state index contributed by atoms with van der Waals surface area (Å²) in [5, 5.41) is 0. The zero-order chi connectivity index (χ0) is 18.7. The van der Waals surface area contributed by atoms with Gasteiger partial charge in [-0.05, 0) is 18.6 Å². The highest BCUT2D eigenvalue weighted by molar-refractivity contribution is 5.69. The lowest BCUT2D eigenvalue weighted by Crippen LogP contribution is -2.03. The van der Waals surface area contributed by atoms with E-state index >= 15 is 0 Å². The van der Waals surface area contributed by atoms with Crippen LogP contribution in [0.1, 0.15) is 115 Å². The van der Waals surface area contributed by atoms with Gasteiger partial charge in [-0.1, -0.05) is 96.8 Å². The lowest BCUT2D eigenvalue weighted by atomic mass is 10.0. The largest absolute Gasteiger partial charge is 0.466 e. The highest BCUT2D eigenvalue weighted by atomic mass is 16.5. The van der Waals surface area contributed by atoms with Crippen molar-refractivity contribution >= 4 is 5.97 Å². The van der Waals surface area contributed by atoms with Crippen molar-refractivity contribution in [1.82, 2.24) is 0 Å². The summed E-state index contributed by atoms with van der Waals surface area (Å²) in [6.07, 6.45) is 22.2.